The van der Waals surface area contributed by atoms with E-state index in [4.69, 9.17) is 4.52 Å². The van der Waals surface area contributed by atoms with Gasteiger partial charge in [-0.15, -0.1) is 11.3 Å². The standard InChI is InChI=1S/C24H21N5O2S/c1-15-6-7-21(32-15)20-11-19(22-16(2)28-31-24(22)27-20)23(30)26-12-17-4-3-5-18(10-17)13-29-9-8-25-14-29/h3-11,14H,12-13H2,1-2H3,(H,26,30). The van der Waals surface area contributed by atoms with Gasteiger partial charge in [0.05, 0.1) is 33.5 Å². The molecule has 0 aliphatic heterocycles. The first-order valence-electron chi connectivity index (χ1n) is 10.2. The Morgan fingerprint density at radius 3 is 2.81 bits per heavy atom. The molecule has 0 aliphatic carbocycles. The second-order valence-corrected chi connectivity index (χ2v) is 8.94. The molecule has 0 saturated heterocycles. The molecule has 1 amide bonds. The summed E-state index contributed by atoms with van der Waals surface area (Å²) in [5.74, 6) is -0.182. The number of aromatic nitrogens is 4. The molecule has 32 heavy (non-hydrogen) atoms. The molecule has 4 aromatic heterocycles. The van der Waals surface area contributed by atoms with Crippen LogP contribution in [0.3, 0.4) is 0 Å². The predicted octanol–water partition coefficient (Wildman–Crippen LogP) is 4.74. The molecular formula is C24H21N5O2S. The minimum Gasteiger partial charge on any atom is -0.348 e. The van der Waals surface area contributed by atoms with E-state index in [1.807, 2.05) is 54.9 Å². The highest BCUT2D eigenvalue weighted by atomic mass is 32.1. The molecule has 1 aromatic carbocycles. The van der Waals surface area contributed by atoms with E-state index in [9.17, 15) is 4.79 Å². The van der Waals surface area contributed by atoms with Gasteiger partial charge in [-0.25, -0.2) is 9.97 Å². The zero-order chi connectivity index (χ0) is 22.1. The van der Waals surface area contributed by atoms with Crippen molar-refractivity contribution in [2.24, 2.45) is 0 Å². The quantitative estimate of drug-likeness (QED) is 0.410. The number of fused-ring (bicyclic) bond motifs is 1. The van der Waals surface area contributed by atoms with E-state index in [1.165, 1.54) is 4.88 Å². The van der Waals surface area contributed by atoms with Crippen molar-refractivity contribution in [3.05, 3.63) is 88.4 Å². The molecule has 1 N–H and O–H groups in total. The average Bonchev–Trinajstić information content (AvgIpc) is 3.54. The van der Waals surface area contributed by atoms with E-state index in [-0.39, 0.29) is 5.91 Å². The molecule has 8 heteroatoms. The maximum Gasteiger partial charge on any atom is 0.259 e. The zero-order valence-electron chi connectivity index (χ0n) is 17.7. The van der Waals surface area contributed by atoms with Crippen LogP contribution in [0.2, 0.25) is 0 Å². The van der Waals surface area contributed by atoms with E-state index >= 15 is 0 Å². The van der Waals surface area contributed by atoms with Crippen LogP contribution in [0, 0.1) is 13.8 Å². The molecule has 160 valence electrons. The predicted molar refractivity (Wildman–Crippen MR) is 124 cm³/mol. The maximum atomic E-state index is 13.2. The Bertz CT molecular complexity index is 1400. The van der Waals surface area contributed by atoms with E-state index in [0.717, 1.165) is 22.5 Å². The number of rotatable bonds is 6. The van der Waals surface area contributed by atoms with Gasteiger partial charge < -0.3 is 14.4 Å². The van der Waals surface area contributed by atoms with Crippen molar-refractivity contribution in [3.63, 3.8) is 0 Å². The zero-order valence-corrected chi connectivity index (χ0v) is 18.5. The number of hydrogen-bond donors (Lipinski definition) is 1. The number of imidazole rings is 1. The Hall–Kier alpha value is -3.78. The van der Waals surface area contributed by atoms with Crippen LogP contribution in [0.4, 0.5) is 0 Å². The van der Waals surface area contributed by atoms with Crippen LogP contribution in [0.5, 0.6) is 0 Å². The van der Waals surface area contributed by atoms with Crippen LogP contribution in [-0.4, -0.2) is 25.6 Å². The van der Waals surface area contributed by atoms with Crippen LogP contribution in [0.15, 0.2) is 65.7 Å². The Morgan fingerprint density at radius 2 is 2.03 bits per heavy atom. The van der Waals surface area contributed by atoms with Crippen LogP contribution >= 0.6 is 11.3 Å². The van der Waals surface area contributed by atoms with E-state index in [2.05, 4.69) is 32.6 Å². The number of benzene rings is 1. The summed E-state index contributed by atoms with van der Waals surface area (Å²) in [5, 5.41) is 7.71. The first-order chi connectivity index (χ1) is 15.6. The molecule has 4 heterocycles. The lowest BCUT2D eigenvalue weighted by molar-refractivity contribution is 0.0952. The minimum atomic E-state index is -0.182. The highest BCUT2D eigenvalue weighted by Gasteiger charge is 2.19. The average molecular weight is 444 g/mol. The summed E-state index contributed by atoms with van der Waals surface area (Å²) in [4.78, 5) is 24.0. The monoisotopic (exact) mass is 443 g/mol. The van der Waals surface area contributed by atoms with Gasteiger partial charge in [-0.2, -0.15) is 0 Å². The Balaban J connectivity index is 1.40. The highest BCUT2D eigenvalue weighted by Crippen LogP contribution is 2.31. The fraction of sp³-hybridized carbons (Fsp3) is 0.167. The highest BCUT2D eigenvalue weighted by molar-refractivity contribution is 7.15. The number of pyridine rings is 1. The van der Waals surface area contributed by atoms with E-state index in [0.29, 0.717) is 34.6 Å². The molecule has 0 aliphatic rings. The van der Waals surface area contributed by atoms with Gasteiger partial charge in [0, 0.05) is 30.4 Å². The van der Waals surface area contributed by atoms with Crippen molar-refractivity contribution in [2.45, 2.75) is 26.9 Å². The summed E-state index contributed by atoms with van der Waals surface area (Å²) in [6.45, 7) is 5.01. The molecule has 0 saturated carbocycles. The fourth-order valence-electron chi connectivity index (χ4n) is 3.68. The first-order valence-corrected chi connectivity index (χ1v) is 11.0. The van der Waals surface area contributed by atoms with Crippen LogP contribution in [0.1, 0.15) is 32.1 Å². The second kappa shape index (κ2) is 8.39. The summed E-state index contributed by atoms with van der Waals surface area (Å²) >= 11 is 1.63. The molecule has 0 bridgehead atoms. The van der Waals surface area contributed by atoms with Gasteiger partial charge in [0.25, 0.3) is 11.6 Å². The molecule has 0 atom stereocenters. The smallest absolute Gasteiger partial charge is 0.259 e. The molecule has 5 aromatic rings. The van der Waals surface area contributed by atoms with E-state index < -0.39 is 0 Å². The van der Waals surface area contributed by atoms with Crippen LogP contribution < -0.4 is 5.32 Å². The molecule has 0 spiro atoms. The number of amides is 1. The van der Waals surface area contributed by atoms with Gasteiger partial charge in [-0.05, 0) is 43.2 Å². The number of carbonyl (C=O) groups excluding carboxylic acids is 1. The topological polar surface area (TPSA) is 85.8 Å². The third kappa shape index (κ3) is 4.04. The van der Waals surface area contributed by atoms with Gasteiger partial charge >= 0.3 is 0 Å². The van der Waals surface area contributed by atoms with Crippen molar-refractivity contribution < 1.29 is 9.32 Å². The molecule has 0 unspecified atom stereocenters. The molecule has 0 fully saturated rings. The number of aryl methyl sites for hydroxylation is 2. The second-order valence-electron chi connectivity index (χ2n) is 7.65. The van der Waals surface area contributed by atoms with Crippen molar-refractivity contribution in [1.82, 2.24) is 25.0 Å². The number of hydrogen-bond acceptors (Lipinski definition) is 6. The van der Waals surface area contributed by atoms with Crippen molar-refractivity contribution in [1.29, 1.82) is 0 Å². The lowest BCUT2D eigenvalue weighted by atomic mass is 10.1. The summed E-state index contributed by atoms with van der Waals surface area (Å²) in [5.41, 5.74) is 4.42. The SMILES string of the molecule is Cc1ccc(-c2cc(C(=O)NCc3cccc(Cn4ccnc4)c3)c3c(C)noc3n2)s1. The lowest BCUT2D eigenvalue weighted by Crippen LogP contribution is -2.23. The summed E-state index contributed by atoms with van der Waals surface area (Å²) in [6, 6.07) is 14.0. The summed E-state index contributed by atoms with van der Waals surface area (Å²) < 4.78 is 7.40. The third-order valence-electron chi connectivity index (χ3n) is 5.22. The van der Waals surface area contributed by atoms with Crippen LogP contribution in [-0.2, 0) is 13.1 Å². The lowest BCUT2D eigenvalue weighted by Gasteiger charge is -2.09. The molecule has 5 rings (SSSR count). The van der Waals surface area contributed by atoms with Gasteiger partial charge in [0.15, 0.2) is 0 Å². The van der Waals surface area contributed by atoms with E-state index in [1.54, 1.807) is 23.9 Å². The fourth-order valence-corrected chi connectivity index (χ4v) is 4.51. The van der Waals surface area contributed by atoms with Crippen LogP contribution in [0.25, 0.3) is 21.7 Å². The molecular weight excluding hydrogens is 422 g/mol. The van der Waals surface area contributed by atoms with Gasteiger partial charge in [0.1, 0.15) is 0 Å². The van der Waals surface area contributed by atoms with Gasteiger partial charge in [-0.1, -0.05) is 29.4 Å². The summed E-state index contributed by atoms with van der Waals surface area (Å²) in [6.07, 6.45) is 5.48. The Morgan fingerprint density at radius 1 is 1.16 bits per heavy atom. The van der Waals surface area contributed by atoms with Gasteiger partial charge in [-0.3, -0.25) is 4.79 Å². The number of thiophene rings is 1. The summed E-state index contributed by atoms with van der Waals surface area (Å²) in [7, 11) is 0. The number of carbonyl (C=O) groups is 1. The Labute approximate surface area is 188 Å². The van der Waals surface area contributed by atoms with Crippen molar-refractivity contribution >= 4 is 28.3 Å². The maximum absolute atomic E-state index is 13.2. The Kier molecular flexibility index (Phi) is 5.28. The van der Waals surface area contributed by atoms with Gasteiger partial charge in [0.2, 0.25) is 0 Å². The molecule has 0 radical (unpaired) electrons. The third-order valence-corrected chi connectivity index (χ3v) is 6.25. The normalized spacial score (nSPS) is 11.2. The minimum absolute atomic E-state index is 0.182. The number of nitrogens with one attached hydrogen (secondary N) is 1. The van der Waals surface area contributed by atoms with Crippen molar-refractivity contribution in [3.8, 4) is 10.6 Å². The first kappa shape index (κ1) is 20.1. The van der Waals surface area contributed by atoms with Crippen molar-refractivity contribution in [2.75, 3.05) is 0 Å². The number of nitrogens with zero attached hydrogens (tertiary/aromatic N) is 4. The largest absolute Gasteiger partial charge is 0.348 e. The molecule has 7 nitrogen and oxygen atoms in total.